The van der Waals surface area contributed by atoms with E-state index in [1.807, 2.05) is 66.7 Å². The summed E-state index contributed by atoms with van der Waals surface area (Å²) in [4.78, 5) is 27.7. The maximum Gasteiger partial charge on any atom is 0.412 e. The Morgan fingerprint density at radius 1 is 1.00 bits per heavy atom. The standard InChI is InChI=1S/C31H32N2O4/c34-22-24-8-6-11-27(19-24)37-18-5-4-7-23-12-13-28(25-9-2-1-3-10-25)29(20-23)33(31(35)36)30-21-32-16-14-26(30)15-17-32/h1-4,6-13,19-20,22,26,30H,5,14-18,21H2,(H,35,36)/b7-4+/t30-/m0/s1. The number of nitrogens with zero attached hydrogens (tertiary/aromatic N) is 2. The molecule has 6 nitrogen and oxygen atoms in total. The van der Waals surface area contributed by atoms with Crippen LogP contribution >= 0.6 is 0 Å². The highest BCUT2D eigenvalue weighted by molar-refractivity contribution is 5.94. The number of carbonyl (C=O) groups excluding carboxylic acids is 1. The SMILES string of the molecule is O=Cc1cccc(OCC/C=C/c2ccc(-c3ccccc3)c(N(C(=O)O)[C@H]3CN4CCC3CC4)c2)c1. The van der Waals surface area contributed by atoms with Crippen molar-refractivity contribution in [1.82, 2.24) is 4.90 Å². The number of piperidine rings is 3. The van der Waals surface area contributed by atoms with Crippen molar-refractivity contribution in [3.63, 3.8) is 0 Å². The Balaban J connectivity index is 1.38. The summed E-state index contributed by atoms with van der Waals surface area (Å²) in [7, 11) is 0. The molecule has 3 fully saturated rings. The molecule has 3 saturated heterocycles. The summed E-state index contributed by atoms with van der Waals surface area (Å²) in [5.41, 5.74) is 4.21. The molecule has 0 aliphatic carbocycles. The Labute approximate surface area is 217 Å². The van der Waals surface area contributed by atoms with Gasteiger partial charge in [-0.1, -0.05) is 66.7 Å². The van der Waals surface area contributed by atoms with Crippen molar-refractivity contribution in [2.24, 2.45) is 5.92 Å². The van der Waals surface area contributed by atoms with Gasteiger partial charge in [0.05, 0.1) is 18.3 Å². The van der Waals surface area contributed by atoms with E-state index in [1.54, 1.807) is 23.1 Å². The number of aldehydes is 1. The molecule has 3 heterocycles. The van der Waals surface area contributed by atoms with Gasteiger partial charge in [-0.25, -0.2) is 4.79 Å². The molecule has 37 heavy (non-hydrogen) atoms. The van der Waals surface area contributed by atoms with Crippen molar-refractivity contribution in [3.05, 3.63) is 90.0 Å². The van der Waals surface area contributed by atoms with Gasteiger partial charge in [0.2, 0.25) is 0 Å². The second-order valence-corrected chi connectivity index (χ2v) is 9.73. The van der Waals surface area contributed by atoms with Gasteiger partial charge < -0.3 is 14.7 Å². The number of rotatable bonds is 9. The molecule has 1 amide bonds. The minimum Gasteiger partial charge on any atom is -0.493 e. The van der Waals surface area contributed by atoms with E-state index in [1.165, 1.54) is 0 Å². The van der Waals surface area contributed by atoms with E-state index in [2.05, 4.69) is 4.90 Å². The predicted octanol–water partition coefficient (Wildman–Crippen LogP) is 6.23. The van der Waals surface area contributed by atoms with Crippen LogP contribution in [0.5, 0.6) is 5.75 Å². The number of fused-ring (bicyclic) bond motifs is 3. The van der Waals surface area contributed by atoms with Crippen LogP contribution in [-0.2, 0) is 0 Å². The lowest BCUT2D eigenvalue weighted by atomic mass is 9.82. The first-order valence-corrected chi connectivity index (χ1v) is 12.9. The zero-order valence-corrected chi connectivity index (χ0v) is 20.8. The first kappa shape index (κ1) is 24.8. The van der Waals surface area contributed by atoms with Crippen molar-refractivity contribution in [2.75, 3.05) is 31.1 Å². The van der Waals surface area contributed by atoms with E-state index in [0.717, 1.165) is 61.1 Å². The van der Waals surface area contributed by atoms with E-state index in [0.29, 0.717) is 30.3 Å². The van der Waals surface area contributed by atoms with Crippen LogP contribution in [0.2, 0.25) is 0 Å². The largest absolute Gasteiger partial charge is 0.493 e. The number of carbonyl (C=O) groups is 2. The van der Waals surface area contributed by atoms with E-state index >= 15 is 0 Å². The maximum absolute atomic E-state index is 12.7. The summed E-state index contributed by atoms with van der Waals surface area (Å²) in [6, 6.07) is 23.1. The summed E-state index contributed by atoms with van der Waals surface area (Å²) >= 11 is 0. The molecule has 0 aromatic heterocycles. The van der Waals surface area contributed by atoms with Crippen molar-refractivity contribution < 1.29 is 19.4 Å². The van der Waals surface area contributed by atoms with E-state index < -0.39 is 6.09 Å². The Bertz CT molecular complexity index is 1270. The minimum atomic E-state index is -0.900. The Hall–Kier alpha value is -3.90. The molecule has 3 aromatic carbocycles. The lowest BCUT2D eigenvalue weighted by Gasteiger charge is -2.48. The average molecular weight is 497 g/mol. The molecule has 6 heteroatoms. The number of carboxylic acid groups (broad SMARTS) is 1. The van der Waals surface area contributed by atoms with Gasteiger partial charge in [-0.2, -0.15) is 0 Å². The number of anilines is 1. The summed E-state index contributed by atoms with van der Waals surface area (Å²) in [5.74, 6) is 1.06. The highest BCUT2D eigenvalue weighted by atomic mass is 16.5. The van der Waals surface area contributed by atoms with Crippen molar-refractivity contribution in [1.29, 1.82) is 0 Å². The molecular formula is C31H32N2O4. The minimum absolute atomic E-state index is 0.0442. The van der Waals surface area contributed by atoms with Crippen LogP contribution in [0.4, 0.5) is 10.5 Å². The molecule has 0 saturated carbocycles. The van der Waals surface area contributed by atoms with Gasteiger partial charge in [0.1, 0.15) is 12.0 Å². The first-order chi connectivity index (χ1) is 18.1. The van der Waals surface area contributed by atoms with Gasteiger partial charge in [-0.3, -0.25) is 9.69 Å². The quantitative estimate of drug-likeness (QED) is 0.281. The fourth-order valence-corrected chi connectivity index (χ4v) is 5.51. The van der Waals surface area contributed by atoms with Crippen LogP contribution in [0.15, 0.2) is 78.9 Å². The molecule has 1 N–H and O–H groups in total. The Morgan fingerprint density at radius 2 is 1.81 bits per heavy atom. The number of hydrogen-bond acceptors (Lipinski definition) is 4. The fraction of sp³-hybridized carbons (Fsp3) is 0.290. The molecule has 3 aromatic rings. The van der Waals surface area contributed by atoms with Gasteiger partial charge in [0.15, 0.2) is 0 Å². The van der Waals surface area contributed by atoms with Crippen LogP contribution in [0.25, 0.3) is 17.2 Å². The predicted molar refractivity (Wildman–Crippen MR) is 146 cm³/mol. The van der Waals surface area contributed by atoms with Crippen molar-refractivity contribution >= 4 is 24.1 Å². The molecule has 0 radical (unpaired) electrons. The third-order valence-corrected chi connectivity index (χ3v) is 7.38. The van der Waals surface area contributed by atoms with Crippen LogP contribution < -0.4 is 9.64 Å². The summed E-state index contributed by atoms with van der Waals surface area (Å²) in [6.07, 6.45) is 6.73. The molecule has 0 unspecified atom stereocenters. The van der Waals surface area contributed by atoms with Gasteiger partial charge in [0.25, 0.3) is 0 Å². The monoisotopic (exact) mass is 496 g/mol. The number of benzene rings is 3. The molecular weight excluding hydrogens is 464 g/mol. The summed E-state index contributed by atoms with van der Waals surface area (Å²) < 4.78 is 5.76. The molecule has 0 spiro atoms. The zero-order valence-electron chi connectivity index (χ0n) is 20.8. The second kappa shape index (κ2) is 11.4. The molecule has 3 aliphatic rings. The molecule has 190 valence electrons. The van der Waals surface area contributed by atoms with Gasteiger partial charge >= 0.3 is 6.09 Å². The third-order valence-electron chi connectivity index (χ3n) is 7.38. The second-order valence-electron chi connectivity index (χ2n) is 9.73. The van der Waals surface area contributed by atoms with Gasteiger partial charge in [-0.05, 0) is 67.6 Å². The topological polar surface area (TPSA) is 70.1 Å². The smallest absolute Gasteiger partial charge is 0.412 e. The number of ether oxygens (including phenoxy) is 1. The Kier molecular flexibility index (Phi) is 7.66. The van der Waals surface area contributed by atoms with E-state index in [4.69, 9.17) is 4.74 Å². The van der Waals surface area contributed by atoms with E-state index in [9.17, 15) is 14.7 Å². The van der Waals surface area contributed by atoms with E-state index in [-0.39, 0.29) is 6.04 Å². The third kappa shape index (κ3) is 5.75. The van der Waals surface area contributed by atoms with Gasteiger partial charge in [0, 0.05) is 17.7 Å². The first-order valence-electron chi connectivity index (χ1n) is 12.9. The molecule has 6 rings (SSSR count). The highest BCUT2D eigenvalue weighted by Gasteiger charge is 2.40. The number of hydrogen-bond donors (Lipinski definition) is 1. The molecule has 2 bridgehead atoms. The van der Waals surface area contributed by atoms with Gasteiger partial charge in [-0.15, -0.1) is 0 Å². The fourth-order valence-electron chi connectivity index (χ4n) is 5.51. The maximum atomic E-state index is 12.7. The lowest BCUT2D eigenvalue weighted by Crippen LogP contribution is -2.59. The van der Waals surface area contributed by atoms with Crippen LogP contribution in [-0.4, -0.2) is 54.7 Å². The van der Waals surface area contributed by atoms with Crippen molar-refractivity contribution in [2.45, 2.75) is 25.3 Å². The highest BCUT2D eigenvalue weighted by Crippen LogP contribution is 2.38. The van der Waals surface area contributed by atoms with Crippen LogP contribution in [0, 0.1) is 5.92 Å². The number of amides is 1. The lowest BCUT2D eigenvalue weighted by molar-refractivity contribution is 0.0838. The summed E-state index contributed by atoms with van der Waals surface area (Å²) in [6.45, 7) is 3.39. The molecule has 1 atom stereocenters. The van der Waals surface area contributed by atoms with Crippen LogP contribution in [0.3, 0.4) is 0 Å². The van der Waals surface area contributed by atoms with Crippen molar-refractivity contribution in [3.8, 4) is 16.9 Å². The Morgan fingerprint density at radius 3 is 2.51 bits per heavy atom. The molecule has 3 aliphatic heterocycles. The normalized spacial score (nSPS) is 20.6. The average Bonchev–Trinajstić information content (AvgIpc) is 2.94. The summed E-state index contributed by atoms with van der Waals surface area (Å²) in [5, 5.41) is 10.4. The zero-order chi connectivity index (χ0) is 25.6. The van der Waals surface area contributed by atoms with Crippen LogP contribution in [0.1, 0.15) is 35.2 Å².